The van der Waals surface area contributed by atoms with Gasteiger partial charge in [0, 0.05) is 73.5 Å². The van der Waals surface area contributed by atoms with Crippen LogP contribution in [0, 0.1) is 0 Å². The summed E-state index contributed by atoms with van der Waals surface area (Å²) in [6, 6.07) is 65.0. The maximum absolute atomic E-state index is 5.19. The molecule has 4 nitrogen and oxygen atoms in total. The number of hydrogen-bond acceptors (Lipinski definition) is 5. The molecule has 0 saturated carbocycles. The fourth-order valence-corrected chi connectivity index (χ4v) is 10.8. The molecular formula is C51H30N4S2. The Morgan fingerprint density at radius 1 is 0.333 bits per heavy atom. The smallest absolute Gasteiger partial charge is 0.165 e. The van der Waals surface area contributed by atoms with Gasteiger partial charge in [0.1, 0.15) is 0 Å². The van der Waals surface area contributed by atoms with Crippen molar-refractivity contribution in [3.05, 3.63) is 182 Å². The molecule has 0 radical (unpaired) electrons. The number of rotatable bonds is 5. The molecule has 4 aromatic heterocycles. The summed E-state index contributed by atoms with van der Waals surface area (Å²) in [6.07, 6.45) is 0. The Labute approximate surface area is 335 Å². The molecule has 57 heavy (non-hydrogen) atoms. The van der Waals surface area contributed by atoms with E-state index in [0.717, 1.165) is 16.7 Å². The maximum Gasteiger partial charge on any atom is 0.165 e. The molecule has 4 heterocycles. The number of para-hydroxylation sites is 2. The minimum absolute atomic E-state index is 0.665. The Kier molecular flexibility index (Phi) is 7.24. The van der Waals surface area contributed by atoms with Gasteiger partial charge in [0.25, 0.3) is 0 Å². The monoisotopic (exact) mass is 762 g/mol. The lowest BCUT2D eigenvalue weighted by molar-refractivity contribution is 1.08. The normalized spacial score (nSPS) is 11.9. The van der Waals surface area contributed by atoms with Gasteiger partial charge in [0.15, 0.2) is 17.5 Å². The molecule has 8 aromatic carbocycles. The highest BCUT2D eigenvalue weighted by Crippen LogP contribution is 2.42. The molecule has 0 atom stereocenters. The van der Waals surface area contributed by atoms with Crippen molar-refractivity contribution in [2.45, 2.75) is 0 Å². The van der Waals surface area contributed by atoms with Crippen LogP contribution in [-0.2, 0) is 0 Å². The first-order valence-corrected chi connectivity index (χ1v) is 20.6. The standard InChI is InChI=1S/C51H30N4S2/c1-3-12-31(13-4-1)49-52-50(54-51(53-49)41-19-11-18-40-37-17-8-10-21-45(37)57-48(40)41)34-23-26-39-38-25-22-33(29-46(38)56-47(39)30-34)32-24-27-44-42(28-32)36-16-7-9-20-43(36)55(44)35-14-5-2-6-15-35/h1-30H. The first-order valence-electron chi connectivity index (χ1n) is 19.0. The van der Waals surface area contributed by atoms with Crippen LogP contribution in [0.5, 0.6) is 0 Å². The van der Waals surface area contributed by atoms with E-state index in [4.69, 9.17) is 15.0 Å². The van der Waals surface area contributed by atoms with Crippen molar-refractivity contribution in [3.63, 3.8) is 0 Å². The summed E-state index contributed by atoms with van der Waals surface area (Å²) in [4.78, 5) is 15.4. The average Bonchev–Trinajstić information content (AvgIpc) is 3.95. The van der Waals surface area contributed by atoms with Gasteiger partial charge in [0.2, 0.25) is 0 Å². The molecule has 0 spiro atoms. The molecule has 0 saturated heterocycles. The van der Waals surface area contributed by atoms with Gasteiger partial charge in [0.05, 0.1) is 11.0 Å². The van der Waals surface area contributed by atoms with Crippen LogP contribution in [0.1, 0.15) is 0 Å². The number of thiophene rings is 2. The molecule has 0 amide bonds. The fourth-order valence-electron chi connectivity index (χ4n) is 8.37. The van der Waals surface area contributed by atoms with Gasteiger partial charge in [-0.15, -0.1) is 22.7 Å². The van der Waals surface area contributed by atoms with Gasteiger partial charge in [-0.3, -0.25) is 0 Å². The Balaban J connectivity index is 0.973. The van der Waals surface area contributed by atoms with E-state index in [1.807, 2.05) is 29.5 Å². The first kappa shape index (κ1) is 32.3. The predicted octanol–water partition coefficient (Wildman–Crippen LogP) is 14.4. The molecule has 0 aliphatic carbocycles. The van der Waals surface area contributed by atoms with Gasteiger partial charge in [-0.2, -0.15) is 0 Å². The minimum Gasteiger partial charge on any atom is -0.309 e. The van der Waals surface area contributed by atoms with Crippen LogP contribution >= 0.6 is 22.7 Å². The second-order valence-corrected chi connectivity index (χ2v) is 16.5. The van der Waals surface area contributed by atoms with Crippen LogP contribution < -0.4 is 0 Å². The third kappa shape index (κ3) is 5.22. The molecule has 12 rings (SSSR count). The third-order valence-electron chi connectivity index (χ3n) is 11.1. The summed E-state index contributed by atoms with van der Waals surface area (Å²) in [6.45, 7) is 0. The van der Waals surface area contributed by atoms with E-state index in [9.17, 15) is 0 Å². The second kappa shape index (κ2) is 12.8. The Bertz CT molecular complexity index is 3530. The van der Waals surface area contributed by atoms with Gasteiger partial charge in [-0.1, -0.05) is 127 Å². The molecule has 0 bridgehead atoms. The largest absolute Gasteiger partial charge is 0.309 e. The SMILES string of the molecule is c1ccc(-c2nc(-c3ccc4c(c3)sc3cc(-c5ccc6c(c5)c5ccccc5n6-c5ccccc5)ccc34)nc(-c3cccc4c3sc3ccccc34)n2)cc1. The number of hydrogen-bond donors (Lipinski definition) is 0. The molecule has 6 heteroatoms. The van der Waals surface area contributed by atoms with E-state index in [-0.39, 0.29) is 0 Å². The predicted molar refractivity (Wildman–Crippen MR) is 242 cm³/mol. The maximum atomic E-state index is 5.19. The summed E-state index contributed by atoms with van der Waals surface area (Å²) < 4.78 is 7.27. The second-order valence-electron chi connectivity index (χ2n) is 14.4. The van der Waals surface area contributed by atoms with E-state index in [1.54, 1.807) is 11.3 Å². The Morgan fingerprint density at radius 3 is 1.74 bits per heavy atom. The number of nitrogens with zero attached hydrogens (tertiary/aromatic N) is 4. The van der Waals surface area contributed by atoms with E-state index >= 15 is 0 Å². The van der Waals surface area contributed by atoms with Crippen LogP contribution in [0.3, 0.4) is 0 Å². The van der Waals surface area contributed by atoms with Crippen molar-refractivity contribution in [2.75, 3.05) is 0 Å². The summed E-state index contributed by atoms with van der Waals surface area (Å²) in [5.74, 6) is 2.01. The molecule has 0 unspecified atom stereocenters. The van der Waals surface area contributed by atoms with Gasteiger partial charge >= 0.3 is 0 Å². The summed E-state index contributed by atoms with van der Waals surface area (Å²) in [7, 11) is 0. The van der Waals surface area contributed by atoms with Crippen molar-refractivity contribution in [3.8, 4) is 51.0 Å². The summed E-state index contributed by atoms with van der Waals surface area (Å²) in [5, 5.41) is 7.48. The average molecular weight is 763 g/mol. The van der Waals surface area contributed by atoms with E-state index in [0.29, 0.717) is 17.5 Å². The quantitative estimate of drug-likeness (QED) is 0.175. The molecule has 0 fully saturated rings. The number of benzene rings is 8. The van der Waals surface area contributed by atoms with E-state index < -0.39 is 0 Å². The van der Waals surface area contributed by atoms with E-state index in [2.05, 4.69) is 168 Å². The lowest BCUT2D eigenvalue weighted by Gasteiger charge is -2.09. The van der Waals surface area contributed by atoms with E-state index in [1.165, 1.54) is 79.0 Å². The summed E-state index contributed by atoms with van der Waals surface area (Å²) >= 11 is 3.61. The highest BCUT2D eigenvalue weighted by Gasteiger charge is 2.18. The third-order valence-corrected chi connectivity index (χ3v) is 13.4. The molecular weight excluding hydrogens is 733 g/mol. The summed E-state index contributed by atoms with van der Waals surface area (Å²) in [5.41, 5.74) is 8.96. The van der Waals surface area contributed by atoms with Crippen LogP contribution in [0.4, 0.5) is 0 Å². The van der Waals surface area contributed by atoms with Crippen LogP contribution in [-0.4, -0.2) is 19.5 Å². The van der Waals surface area contributed by atoms with Crippen LogP contribution in [0.15, 0.2) is 182 Å². The topological polar surface area (TPSA) is 43.6 Å². The first-order chi connectivity index (χ1) is 28.2. The van der Waals surface area contributed by atoms with Crippen LogP contribution in [0.25, 0.3) is 113 Å². The van der Waals surface area contributed by atoms with Crippen molar-refractivity contribution >= 4 is 84.8 Å². The fraction of sp³-hybridized carbons (Fsp3) is 0. The van der Waals surface area contributed by atoms with Crippen molar-refractivity contribution < 1.29 is 0 Å². The molecule has 12 aromatic rings. The zero-order valence-corrected chi connectivity index (χ0v) is 32.1. The van der Waals surface area contributed by atoms with Crippen LogP contribution in [0.2, 0.25) is 0 Å². The van der Waals surface area contributed by atoms with Crippen molar-refractivity contribution in [1.29, 1.82) is 0 Å². The Hall–Kier alpha value is -6.99. The molecule has 0 aliphatic rings. The molecule has 0 aliphatic heterocycles. The lowest BCUT2D eigenvalue weighted by atomic mass is 10.0. The number of fused-ring (bicyclic) bond motifs is 9. The molecule has 266 valence electrons. The van der Waals surface area contributed by atoms with Crippen molar-refractivity contribution in [1.82, 2.24) is 19.5 Å². The zero-order valence-electron chi connectivity index (χ0n) is 30.4. The van der Waals surface area contributed by atoms with Gasteiger partial charge in [-0.05, 0) is 65.7 Å². The highest BCUT2D eigenvalue weighted by molar-refractivity contribution is 7.26. The number of aromatic nitrogens is 4. The minimum atomic E-state index is 0.665. The zero-order chi connectivity index (χ0) is 37.5. The Morgan fingerprint density at radius 2 is 0.912 bits per heavy atom. The lowest BCUT2D eigenvalue weighted by Crippen LogP contribution is -2.00. The van der Waals surface area contributed by atoms with Gasteiger partial charge < -0.3 is 4.57 Å². The van der Waals surface area contributed by atoms with Crippen molar-refractivity contribution in [2.24, 2.45) is 0 Å². The molecule has 0 N–H and O–H groups in total. The highest BCUT2D eigenvalue weighted by atomic mass is 32.1. The van der Waals surface area contributed by atoms with Gasteiger partial charge in [-0.25, -0.2) is 15.0 Å².